The molecule has 0 fully saturated rings. The number of hydrogen-bond acceptors (Lipinski definition) is 4. The van der Waals surface area contributed by atoms with Crippen molar-refractivity contribution in [2.75, 3.05) is 19.8 Å². The molecule has 0 spiro atoms. The third kappa shape index (κ3) is 43.9. The number of allylic oxidation sites excluding steroid dienone is 14. The Bertz CT molecular complexity index is 954. The smallest absolute Gasteiger partial charge is 0.306 e. The van der Waals surface area contributed by atoms with E-state index in [-0.39, 0.29) is 19.2 Å². The van der Waals surface area contributed by atoms with Gasteiger partial charge in [-0.1, -0.05) is 182 Å². The highest BCUT2D eigenvalue weighted by Crippen LogP contribution is 2.13. The fourth-order valence-corrected chi connectivity index (χ4v) is 5.91. The fraction of sp³-hybridized carbons (Fsp3) is 0.694. The second-order valence-corrected chi connectivity index (χ2v) is 14.4. The van der Waals surface area contributed by atoms with E-state index in [0.29, 0.717) is 13.0 Å². The zero-order valence-corrected chi connectivity index (χ0v) is 34.8. The van der Waals surface area contributed by atoms with Gasteiger partial charge in [0.1, 0.15) is 6.10 Å². The maximum absolute atomic E-state index is 12.2. The summed E-state index contributed by atoms with van der Waals surface area (Å²) in [4.78, 5) is 12.2. The number of carbonyl (C=O) groups excluding carboxylic acids is 1. The van der Waals surface area contributed by atoms with Crippen LogP contribution in [0.25, 0.3) is 0 Å². The lowest BCUT2D eigenvalue weighted by Gasteiger charge is -2.15. The summed E-state index contributed by atoms with van der Waals surface area (Å²) >= 11 is 0. The molecule has 0 aliphatic carbocycles. The summed E-state index contributed by atoms with van der Waals surface area (Å²) in [5, 5.41) is 9.61. The van der Waals surface area contributed by atoms with Gasteiger partial charge in [0.2, 0.25) is 0 Å². The molecule has 1 N–H and O–H groups in total. The monoisotopic (exact) mass is 737 g/mol. The lowest BCUT2D eigenvalue weighted by Crippen LogP contribution is -2.27. The predicted molar refractivity (Wildman–Crippen MR) is 232 cm³/mol. The summed E-state index contributed by atoms with van der Waals surface area (Å²) in [6.07, 6.45) is 63.6. The second kappa shape index (κ2) is 45.7. The standard InChI is InChI=1S/C49H84O4/c1-3-5-7-9-11-13-15-17-19-21-23-25-26-28-30-32-34-36-38-40-42-44-49(51)53-48(46-50)47-52-45-43-41-39-37-35-33-31-29-27-24-22-20-18-16-14-12-10-8-6-4-2/h5,7,11,13,17-20,23,25,28,30,34,36,48,50H,3-4,6,8-10,12,14-16,21-22,24,26-27,29,31-33,35,37-47H2,1-2H3/b7-5-,13-11-,19-17-,20-18-,25-23-,30-28-,36-34-. The number of carbonyl (C=O) groups is 1. The SMILES string of the molecule is CC/C=C\C/C=C\C/C=C\C/C=C\C/C=C\C/C=C\CCCCC(=O)OC(CO)COCCCCCCCCCCCC/C=C\CCCCCCCC. The maximum Gasteiger partial charge on any atom is 0.306 e. The average Bonchev–Trinajstić information content (AvgIpc) is 3.16. The molecule has 1 atom stereocenters. The first-order valence-corrected chi connectivity index (χ1v) is 22.2. The minimum absolute atomic E-state index is 0.194. The summed E-state index contributed by atoms with van der Waals surface area (Å²) in [6.45, 7) is 5.18. The van der Waals surface area contributed by atoms with Crippen molar-refractivity contribution >= 4 is 5.97 Å². The number of unbranched alkanes of at least 4 members (excludes halogenated alkanes) is 18. The Labute approximate surface area is 329 Å². The quantitative estimate of drug-likeness (QED) is 0.0387. The van der Waals surface area contributed by atoms with Gasteiger partial charge in [-0.2, -0.15) is 0 Å². The molecule has 0 heterocycles. The summed E-state index contributed by atoms with van der Waals surface area (Å²) in [7, 11) is 0. The van der Waals surface area contributed by atoms with Crippen molar-refractivity contribution in [3.63, 3.8) is 0 Å². The molecule has 0 aromatic rings. The molecule has 0 amide bonds. The van der Waals surface area contributed by atoms with E-state index in [1.165, 1.54) is 109 Å². The Morgan fingerprint density at radius 1 is 0.472 bits per heavy atom. The van der Waals surface area contributed by atoms with E-state index >= 15 is 0 Å². The molecule has 0 aliphatic rings. The van der Waals surface area contributed by atoms with E-state index in [2.05, 4.69) is 98.9 Å². The molecular formula is C49H84O4. The highest BCUT2D eigenvalue weighted by molar-refractivity contribution is 5.69. The second-order valence-electron chi connectivity index (χ2n) is 14.4. The first-order chi connectivity index (χ1) is 26.2. The van der Waals surface area contributed by atoms with Crippen molar-refractivity contribution in [2.24, 2.45) is 0 Å². The number of ether oxygens (including phenoxy) is 2. The van der Waals surface area contributed by atoms with Crippen LogP contribution in [-0.2, 0) is 14.3 Å². The molecule has 0 aliphatic heterocycles. The van der Waals surface area contributed by atoms with Crippen molar-refractivity contribution in [1.29, 1.82) is 0 Å². The Kier molecular flexibility index (Phi) is 43.6. The average molecular weight is 737 g/mol. The number of aliphatic hydroxyl groups excluding tert-OH is 1. The third-order valence-corrected chi connectivity index (χ3v) is 9.20. The van der Waals surface area contributed by atoms with Crippen LogP contribution in [0.4, 0.5) is 0 Å². The van der Waals surface area contributed by atoms with Gasteiger partial charge < -0.3 is 14.6 Å². The van der Waals surface area contributed by atoms with Crippen LogP contribution in [0.15, 0.2) is 85.1 Å². The van der Waals surface area contributed by atoms with E-state index in [9.17, 15) is 9.90 Å². The van der Waals surface area contributed by atoms with Gasteiger partial charge >= 0.3 is 5.97 Å². The molecule has 0 bridgehead atoms. The van der Waals surface area contributed by atoms with Gasteiger partial charge in [0.25, 0.3) is 0 Å². The summed E-state index contributed by atoms with van der Waals surface area (Å²) in [6, 6.07) is 0. The summed E-state index contributed by atoms with van der Waals surface area (Å²) in [5.74, 6) is -0.244. The molecule has 0 radical (unpaired) electrons. The number of rotatable bonds is 40. The topological polar surface area (TPSA) is 55.8 Å². The van der Waals surface area contributed by atoms with Crippen LogP contribution in [0, 0.1) is 0 Å². The summed E-state index contributed by atoms with van der Waals surface area (Å²) < 4.78 is 11.1. The van der Waals surface area contributed by atoms with Gasteiger partial charge in [0.05, 0.1) is 13.2 Å². The first kappa shape index (κ1) is 50.6. The van der Waals surface area contributed by atoms with Gasteiger partial charge in [-0.25, -0.2) is 0 Å². The highest BCUT2D eigenvalue weighted by Gasteiger charge is 2.13. The number of hydrogen-bond donors (Lipinski definition) is 1. The van der Waals surface area contributed by atoms with E-state index in [1.807, 2.05) is 0 Å². The minimum atomic E-state index is -0.563. The Balaban J connectivity index is 3.54. The molecule has 1 unspecified atom stereocenters. The van der Waals surface area contributed by atoms with E-state index in [4.69, 9.17) is 9.47 Å². The largest absolute Gasteiger partial charge is 0.457 e. The van der Waals surface area contributed by atoms with Crippen LogP contribution in [-0.4, -0.2) is 37.0 Å². The zero-order chi connectivity index (χ0) is 38.4. The van der Waals surface area contributed by atoms with Crippen LogP contribution >= 0.6 is 0 Å². The Morgan fingerprint density at radius 3 is 1.30 bits per heavy atom. The first-order valence-electron chi connectivity index (χ1n) is 22.2. The normalized spacial score (nSPS) is 13.2. The predicted octanol–water partition coefficient (Wildman–Crippen LogP) is 14.8. The molecule has 304 valence electrons. The fourth-order valence-electron chi connectivity index (χ4n) is 5.91. The van der Waals surface area contributed by atoms with Gasteiger partial charge in [-0.15, -0.1) is 0 Å². The van der Waals surface area contributed by atoms with Crippen molar-refractivity contribution in [2.45, 2.75) is 200 Å². The van der Waals surface area contributed by atoms with E-state index in [1.54, 1.807) is 0 Å². The number of esters is 1. The molecule has 0 saturated heterocycles. The summed E-state index contributed by atoms with van der Waals surface area (Å²) in [5.41, 5.74) is 0. The molecule has 0 aromatic carbocycles. The van der Waals surface area contributed by atoms with Crippen LogP contribution < -0.4 is 0 Å². The molecule has 4 heteroatoms. The highest BCUT2D eigenvalue weighted by atomic mass is 16.6. The van der Waals surface area contributed by atoms with Crippen molar-refractivity contribution in [3.05, 3.63) is 85.1 Å². The van der Waals surface area contributed by atoms with Crippen LogP contribution in [0.5, 0.6) is 0 Å². The minimum Gasteiger partial charge on any atom is -0.457 e. The molecule has 53 heavy (non-hydrogen) atoms. The Hall–Kier alpha value is -2.43. The van der Waals surface area contributed by atoms with Gasteiger partial charge in [0, 0.05) is 13.0 Å². The van der Waals surface area contributed by atoms with Crippen LogP contribution in [0.1, 0.15) is 194 Å². The molecule has 0 rings (SSSR count). The molecule has 0 saturated carbocycles. The van der Waals surface area contributed by atoms with E-state index in [0.717, 1.165) is 64.2 Å². The van der Waals surface area contributed by atoms with Gasteiger partial charge in [-0.3, -0.25) is 4.79 Å². The lowest BCUT2D eigenvalue weighted by atomic mass is 10.1. The lowest BCUT2D eigenvalue weighted by molar-refractivity contribution is -0.154. The zero-order valence-electron chi connectivity index (χ0n) is 34.8. The molecular weight excluding hydrogens is 653 g/mol. The van der Waals surface area contributed by atoms with Crippen LogP contribution in [0.3, 0.4) is 0 Å². The maximum atomic E-state index is 12.2. The van der Waals surface area contributed by atoms with Crippen molar-refractivity contribution < 1.29 is 19.4 Å². The van der Waals surface area contributed by atoms with Gasteiger partial charge in [-0.05, 0) is 89.9 Å². The Morgan fingerprint density at radius 2 is 0.849 bits per heavy atom. The third-order valence-electron chi connectivity index (χ3n) is 9.20. The van der Waals surface area contributed by atoms with Crippen molar-refractivity contribution in [3.8, 4) is 0 Å². The molecule has 0 aromatic heterocycles. The molecule has 4 nitrogen and oxygen atoms in total. The van der Waals surface area contributed by atoms with Crippen molar-refractivity contribution in [1.82, 2.24) is 0 Å². The number of aliphatic hydroxyl groups is 1. The van der Waals surface area contributed by atoms with Crippen LogP contribution in [0.2, 0.25) is 0 Å². The van der Waals surface area contributed by atoms with E-state index < -0.39 is 6.10 Å². The van der Waals surface area contributed by atoms with Gasteiger partial charge in [0.15, 0.2) is 0 Å².